The molecule has 0 aliphatic carbocycles. The molecular weight excluding hydrogens is 242 g/mol. The molecule has 0 saturated carbocycles. The van der Waals surface area contributed by atoms with Crippen molar-refractivity contribution in [3.63, 3.8) is 0 Å². The van der Waals surface area contributed by atoms with Crippen LogP contribution in [-0.2, 0) is 19.6 Å². The minimum Gasteiger partial charge on any atom is -0.465 e. The summed E-state index contributed by atoms with van der Waals surface area (Å²) in [4.78, 5) is 11.7. The molecule has 0 radical (unpaired) electrons. The summed E-state index contributed by atoms with van der Waals surface area (Å²) < 4.78 is 29.3. The Morgan fingerprint density at radius 3 is 2.76 bits per heavy atom. The molecule has 1 heterocycles. The van der Waals surface area contributed by atoms with E-state index in [1.54, 1.807) is 0 Å². The van der Waals surface area contributed by atoms with E-state index in [0.717, 1.165) is 25.7 Å². The Balaban J connectivity index is 2.46. The van der Waals surface area contributed by atoms with Gasteiger partial charge in [0, 0.05) is 13.1 Å². The lowest BCUT2D eigenvalue weighted by Crippen LogP contribution is -2.42. The topological polar surface area (TPSA) is 63.7 Å². The van der Waals surface area contributed by atoms with Gasteiger partial charge in [0.1, 0.15) is 0 Å². The van der Waals surface area contributed by atoms with E-state index in [-0.39, 0.29) is 18.4 Å². The standard InChI is InChI=1S/C11H21NO4S/c1-3-4-8-16-11(13)10-6-5-7-12(9-10)17(2,14)15/h10H,3-9H2,1-2H3. The largest absolute Gasteiger partial charge is 0.465 e. The van der Waals surface area contributed by atoms with Gasteiger partial charge >= 0.3 is 5.97 Å². The number of rotatable bonds is 5. The van der Waals surface area contributed by atoms with Crippen molar-refractivity contribution < 1.29 is 17.9 Å². The van der Waals surface area contributed by atoms with Crippen molar-refractivity contribution in [1.29, 1.82) is 0 Å². The SMILES string of the molecule is CCCCOC(=O)C1CCCN(S(C)(=O)=O)C1. The molecule has 6 heteroatoms. The summed E-state index contributed by atoms with van der Waals surface area (Å²) in [7, 11) is -3.19. The molecule has 0 spiro atoms. The van der Waals surface area contributed by atoms with Gasteiger partial charge in [-0.3, -0.25) is 4.79 Å². The average Bonchev–Trinajstić information content (AvgIpc) is 2.28. The van der Waals surface area contributed by atoms with Gasteiger partial charge in [-0.1, -0.05) is 13.3 Å². The van der Waals surface area contributed by atoms with Crippen LogP contribution < -0.4 is 0 Å². The molecule has 0 aromatic carbocycles. The first-order valence-corrected chi connectivity index (χ1v) is 7.91. The third-order valence-corrected chi connectivity index (χ3v) is 4.20. The number of piperidine rings is 1. The molecule has 0 aromatic heterocycles. The normalized spacial score (nSPS) is 22.4. The predicted molar refractivity (Wildman–Crippen MR) is 65.0 cm³/mol. The van der Waals surface area contributed by atoms with Gasteiger partial charge in [-0.15, -0.1) is 0 Å². The zero-order valence-electron chi connectivity index (χ0n) is 10.5. The maximum absolute atomic E-state index is 11.7. The van der Waals surface area contributed by atoms with Crippen molar-refractivity contribution in [3.8, 4) is 0 Å². The lowest BCUT2D eigenvalue weighted by molar-refractivity contribution is -0.149. The summed E-state index contributed by atoms with van der Waals surface area (Å²) in [5.74, 6) is -0.554. The monoisotopic (exact) mass is 263 g/mol. The zero-order chi connectivity index (χ0) is 12.9. The second-order valence-electron chi connectivity index (χ2n) is 4.48. The fraction of sp³-hybridized carbons (Fsp3) is 0.909. The lowest BCUT2D eigenvalue weighted by atomic mass is 10.00. The molecule has 0 aromatic rings. The van der Waals surface area contributed by atoms with Gasteiger partial charge in [0.15, 0.2) is 0 Å². The maximum Gasteiger partial charge on any atom is 0.310 e. The van der Waals surface area contributed by atoms with Crippen LogP contribution in [0, 0.1) is 5.92 Å². The van der Waals surface area contributed by atoms with Crippen molar-refractivity contribution in [1.82, 2.24) is 4.31 Å². The third kappa shape index (κ3) is 4.63. The molecule has 1 atom stereocenters. The van der Waals surface area contributed by atoms with Crippen LogP contribution in [0.15, 0.2) is 0 Å². The van der Waals surface area contributed by atoms with E-state index < -0.39 is 10.0 Å². The highest BCUT2D eigenvalue weighted by Gasteiger charge is 2.30. The van der Waals surface area contributed by atoms with E-state index in [1.165, 1.54) is 10.6 Å². The first-order valence-electron chi connectivity index (χ1n) is 6.07. The number of ether oxygens (including phenoxy) is 1. The molecule has 0 N–H and O–H groups in total. The molecule has 1 fully saturated rings. The van der Waals surface area contributed by atoms with Gasteiger partial charge in [-0.2, -0.15) is 0 Å². The molecule has 1 saturated heterocycles. The molecule has 17 heavy (non-hydrogen) atoms. The van der Waals surface area contributed by atoms with Crippen LogP contribution in [-0.4, -0.2) is 44.6 Å². The second kappa shape index (κ2) is 6.35. The molecule has 1 aliphatic heterocycles. The summed E-state index contributed by atoms with van der Waals surface area (Å²) in [6, 6.07) is 0. The number of nitrogens with zero attached hydrogens (tertiary/aromatic N) is 1. The summed E-state index contributed by atoms with van der Waals surface area (Å²) in [6.45, 7) is 3.24. The smallest absolute Gasteiger partial charge is 0.310 e. The summed E-state index contributed by atoms with van der Waals surface area (Å²) in [5.41, 5.74) is 0. The van der Waals surface area contributed by atoms with Crippen LogP contribution in [0.2, 0.25) is 0 Å². The minimum atomic E-state index is -3.19. The van der Waals surface area contributed by atoms with E-state index in [0.29, 0.717) is 13.2 Å². The number of sulfonamides is 1. The maximum atomic E-state index is 11.7. The van der Waals surface area contributed by atoms with E-state index in [1.807, 2.05) is 6.92 Å². The fourth-order valence-corrected chi connectivity index (χ4v) is 2.78. The highest BCUT2D eigenvalue weighted by molar-refractivity contribution is 7.88. The summed E-state index contributed by atoms with van der Waals surface area (Å²) in [5, 5.41) is 0. The number of hydrogen-bond acceptors (Lipinski definition) is 4. The number of esters is 1. The van der Waals surface area contributed by atoms with E-state index in [9.17, 15) is 13.2 Å². The average molecular weight is 263 g/mol. The predicted octanol–water partition coefficient (Wildman–Crippen LogP) is 1.00. The molecule has 1 aliphatic rings. The molecule has 1 unspecified atom stereocenters. The number of hydrogen-bond donors (Lipinski definition) is 0. The second-order valence-corrected chi connectivity index (χ2v) is 6.46. The summed E-state index contributed by atoms with van der Waals surface area (Å²) in [6.07, 6.45) is 4.46. The minimum absolute atomic E-state index is 0.258. The van der Waals surface area contributed by atoms with Crippen molar-refractivity contribution in [2.45, 2.75) is 32.6 Å². The van der Waals surface area contributed by atoms with Crippen LogP contribution in [0.3, 0.4) is 0 Å². The Bertz CT molecular complexity index is 352. The molecule has 5 nitrogen and oxygen atoms in total. The van der Waals surface area contributed by atoms with Crippen LogP contribution in [0.25, 0.3) is 0 Å². The lowest BCUT2D eigenvalue weighted by Gasteiger charge is -2.29. The van der Waals surface area contributed by atoms with Crippen molar-refractivity contribution in [3.05, 3.63) is 0 Å². The summed E-state index contributed by atoms with van der Waals surface area (Å²) >= 11 is 0. The number of unbranched alkanes of at least 4 members (excludes halogenated alkanes) is 1. The van der Waals surface area contributed by atoms with Gasteiger partial charge in [-0.25, -0.2) is 12.7 Å². The van der Waals surface area contributed by atoms with E-state index in [2.05, 4.69) is 0 Å². The molecule has 1 rings (SSSR count). The Hall–Kier alpha value is -0.620. The first kappa shape index (κ1) is 14.4. The van der Waals surface area contributed by atoms with Crippen LogP contribution in [0.5, 0.6) is 0 Å². The van der Waals surface area contributed by atoms with E-state index >= 15 is 0 Å². The Labute approximate surface area is 103 Å². The molecule has 0 bridgehead atoms. The van der Waals surface area contributed by atoms with E-state index in [4.69, 9.17) is 4.74 Å². The van der Waals surface area contributed by atoms with Crippen molar-refractivity contribution in [2.24, 2.45) is 5.92 Å². The van der Waals surface area contributed by atoms with Gasteiger partial charge in [0.25, 0.3) is 0 Å². The van der Waals surface area contributed by atoms with Crippen LogP contribution in [0.1, 0.15) is 32.6 Å². The van der Waals surface area contributed by atoms with Crippen LogP contribution >= 0.6 is 0 Å². The highest BCUT2D eigenvalue weighted by atomic mass is 32.2. The van der Waals surface area contributed by atoms with Gasteiger partial charge in [0.05, 0.1) is 18.8 Å². The van der Waals surface area contributed by atoms with Gasteiger partial charge in [0.2, 0.25) is 10.0 Å². The first-order chi connectivity index (χ1) is 7.95. The third-order valence-electron chi connectivity index (χ3n) is 2.93. The number of carbonyl (C=O) groups excluding carboxylic acids is 1. The van der Waals surface area contributed by atoms with Crippen LogP contribution in [0.4, 0.5) is 0 Å². The Kier molecular flexibility index (Phi) is 5.39. The fourth-order valence-electron chi connectivity index (χ4n) is 1.87. The van der Waals surface area contributed by atoms with Crippen molar-refractivity contribution >= 4 is 16.0 Å². The number of carbonyl (C=O) groups is 1. The molecule has 100 valence electrons. The highest BCUT2D eigenvalue weighted by Crippen LogP contribution is 2.19. The quantitative estimate of drug-likeness (QED) is 0.548. The zero-order valence-corrected chi connectivity index (χ0v) is 11.3. The Morgan fingerprint density at radius 1 is 1.47 bits per heavy atom. The van der Waals surface area contributed by atoms with Gasteiger partial charge in [-0.05, 0) is 19.3 Å². The molecule has 0 amide bonds. The Morgan fingerprint density at radius 2 is 2.18 bits per heavy atom. The van der Waals surface area contributed by atoms with Gasteiger partial charge < -0.3 is 4.74 Å². The van der Waals surface area contributed by atoms with Crippen molar-refractivity contribution in [2.75, 3.05) is 26.0 Å². The molecular formula is C11H21NO4S.